The van der Waals surface area contributed by atoms with Crippen molar-refractivity contribution >= 4 is 11.6 Å². The van der Waals surface area contributed by atoms with Gasteiger partial charge >= 0.3 is 0 Å². The standard InChI is InChI=1S/C22H33NO/c1-5-6-7-8-18-9-11-19(12-10-18)20-13-15-21(16-14-20)23(4)22(24)17(2)3/h13-16,18-19H,2,5-12H2,1,3-4H3. The van der Waals surface area contributed by atoms with Crippen molar-refractivity contribution in [2.75, 3.05) is 11.9 Å². The second-order valence-electron chi connectivity index (χ2n) is 7.45. The third-order valence-electron chi connectivity index (χ3n) is 5.48. The summed E-state index contributed by atoms with van der Waals surface area (Å²) in [5.74, 6) is 1.63. The highest BCUT2D eigenvalue weighted by atomic mass is 16.2. The molecule has 0 bridgehead atoms. The number of nitrogens with zero attached hydrogens (tertiary/aromatic N) is 1. The van der Waals surface area contributed by atoms with Gasteiger partial charge in [0.15, 0.2) is 0 Å². The number of benzene rings is 1. The van der Waals surface area contributed by atoms with Crippen molar-refractivity contribution in [3.63, 3.8) is 0 Å². The Bertz CT molecular complexity index is 538. The quantitative estimate of drug-likeness (QED) is 0.439. The number of likely N-dealkylation sites (N-methyl/N-ethyl adjacent to an activating group) is 1. The third kappa shape index (κ3) is 4.96. The molecule has 1 fully saturated rings. The number of anilines is 1. The maximum absolute atomic E-state index is 12.0. The van der Waals surface area contributed by atoms with Crippen LogP contribution in [0.1, 0.15) is 76.7 Å². The number of unbranched alkanes of at least 4 members (excludes halogenated alkanes) is 2. The Morgan fingerprint density at radius 2 is 1.75 bits per heavy atom. The van der Waals surface area contributed by atoms with Crippen LogP contribution in [-0.4, -0.2) is 13.0 Å². The van der Waals surface area contributed by atoms with Crippen molar-refractivity contribution in [2.45, 2.75) is 71.1 Å². The van der Waals surface area contributed by atoms with Crippen molar-refractivity contribution in [1.29, 1.82) is 0 Å². The van der Waals surface area contributed by atoms with Crippen LogP contribution in [0.5, 0.6) is 0 Å². The maximum Gasteiger partial charge on any atom is 0.253 e. The third-order valence-corrected chi connectivity index (χ3v) is 5.48. The molecule has 0 aliphatic heterocycles. The second-order valence-corrected chi connectivity index (χ2v) is 7.45. The van der Waals surface area contributed by atoms with E-state index >= 15 is 0 Å². The molecule has 0 atom stereocenters. The van der Waals surface area contributed by atoms with Crippen molar-refractivity contribution in [2.24, 2.45) is 5.92 Å². The molecule has 1 aromatic carbocycles. The maximum atomic E-state index is 12.0. The monoisotopic (exact) mass is 327 g/mol. The topological polar surface area (TPSA) is 20.3 Å². The lowest BCUT2D eigenvalue weighted by Crippen LogP contribution is -2.26. The van der Waals surface area contributed by atoms with Crippen LogP contribution in [0.3, 0.4) is 0 Å². The van der Waals surface area contributed by atoms with E-state index in [0.29, 0.717) is 11.5 Å². The van der Waals surface area contributed by atoms with Crippen LogP contribution in [0.4, 0.5) is 5.69 Å². The summed E-state index contributed by atoms with van der Waals surface area (Å²) in [7, 11) is 1.81. The molecule has 0 radical (unpaired) electrons. The number of rotatable bonds is 7. The van der Waals surface area contributed by atoms with Gasteiger partial charge in [-0.15, -0.1) is 0 Å². The highest BCUT2D eigenvalue weighted by Gasteiger charge is 2.22. The van der Waals surface area contributed by atoms with Gasteiger partial charge < -0.3 is 4.90 Å². The fourth-order valence-corrected chi connectivity index (χ4v) is 3.84. The molecule has 0 N–H and O–H groups in total. The van der Waals surface area contributed by atoms with E-state index in [-0.39, 0.29) is 5.91 Å². The van der Waals surface area contributed by atoms with E-state index in [2.05, 4.69) is 37.8 Å². The SMILES string of the molecule is C=C(C)C(=O)N(C)c1ccc(C2CCC(CCCCC)CC2)cc1. The van der Waals surface area contributed by atoms with E-state index in [0.717, 1.165) is 11.6 Å². The lowest BCUT2D eigenvalue weighted by molar-refractivity contribution is -0.114. The lowest BCUT2D eigenvalue weighted by Gasteiger charge is -2.29. The van der Waals surface area contributed by atoms with Gasteiger partial charge in [0.05, 0.1) is 0 Å². The first kappa shape index (κ1) is 18.8. The van der Waals surface area contributed by atoms with Gasteiger partial charge in [-0.25, -0.2) is 0 Å². The number of hydrogen-bond acceptors (Lipinski definition) is 1. The smallest absolute Gasteiger partial charge is 0.253 e. The van der Waals surface area contributed by atoms with Gasteiger partial charge in [-0.05, 0) is 62.1 Å². The molecule has 1 aliphatic carbocycles. The summed E-state index contributed by atoms with van der Waals surface area (Å²) in [5.41, 5.74) is 2.95. The zero-order valence-electron chi connectivity index (χ0n) is 15.7. The molecule has 2 nitrogen and oxygen atoms in total. The van der Waals surface area contributed by atoms with Crippen molar-refractivity contribution in [3.05, 3.63) is 42.0 Å². The Labute approximate surface area is 147 Å². The lowest BCUT2D eigenvalue weighted by atomic mass is 9.77. The fourth-order valence-electron chi connectivity index (χ4n) is 3.84. The van der Waals surface area contributed by atoms with E-state index in [9.17, 15) is 4.79 Å². The summed E-state index contributed by atoms with van der Waals surface area (Å²) in [6, 6.07) is 8.56. The van der Waals surface area contributed by atoms with Gasteiger partial charge in [0.25, 0.3) is 5.91 Å². The molecule has 24 heavy (non-hydrogen) atoms. The largest absolute Gasteiger partial charge is 0.312 e. The van der Waals surface area contributed by atoms with Crippen molar-refractivity contribution < 1.29 is 4.79 Å². The van der Waals surface area contributed by atoms with Crippen LogP contribution in [0.15, 0.2) is 36.4 Å². The average Bonchev–Trinajstić information content (AvgIpc) is 2.61. The molecule has 0 aromatic heterocycles. The van der Waals surface area contributed by atoms with Crippen LogP contribution in [0.25, 0.3) is 0 Å². The molecule has 1 aliphatic rings. The second kappa shape index (κ2) is 9.05. The summed E-state index contributed by atoms with van der Waals surface area (Å²) in [5, 5.41) is 0. The number of carbonyl (C=O) groups is 1. The van der Waals surface area contributed by atoms with Crippen LogP contribution in [0.2, 0.25) is 0 Å². The molecular formula is C22H33NO. The molecule has 0 heterocycles. The molecule has 0 saturated heterocycles. The summed E-state index contributed by atoms with van der Waals surface area (Å²) >= 11 is 0. The van der Waals surface area contributed by atoms with E-state index < -0.39 is 0 Å². The molecule has 1 saturated carbocycles. The summed E-state index contributed by atoms with van der Waals surface area (Å²) in [4.78, 5) is 13.7. The highest BCUT2D eigenvalue weighted by molar-refractivity contribution is 6.04. The Balaban J connectivity index is 1.88. The minimum atomic E-state index is -0.0182. The Hall–Kier alpha value is -1.57. The predicted molar refractivity (Wildman–Crippen MR) is 104 cm³/mol. The summed E-state index contributed by atoms with van der Waals surface area (Å²) in [6.45, 7) is 7.77. The van der Waals surface area contributed by atoms with Crippen LogP contribution in [-0.2, 0) is 4.79 Å². The van der Waals surface area contributed by atoms with E-state index in [1.54, 1.807) is 11.8 Å². The van der Waals surface area contributed by atoms with Crippen LogP contribution < -0.4 is 4.90 Å². The highest BCUT2D eigenvalue weighted by Crippen LogP contribution is 2.38. The molecule has 2 heteroatoms. The van der Waals surface area contributed by atoms with E-state index in [1.165, 1.54) is 56.9 Å². The summed E-state index contributed by atoms with van der Waals surface area (Å²) in [6.07, 6.45) is 10.9. The molecule has 132 valence electrons. The molecule has 0 spiro atoms. The molecule has 2 rings (SSSR count). The van der Waals surface area contributed by atoms with Crippen molar-refractivity contribution in [1.82, 2.24) is 0 Å². The Morgan fingerprint density at radius 3 is 2.29 bits per heavy atom. The summed E-state index contributed by atoms with van der Waals surface area (Å²) < 4.78 is 0. The van der Waals surface area contributed by atoms with Gasteiger partial charge in [0, 0.05) is 18.3 Å². The average molecular weight is 328 g/mol. The first-order valence-electron chi connectivity index (χ1n) is 9.56. The van der Waals surface area contributed by atoms with Gasteiger partial charge in [-0.2, -0.15) is 0 Å². The minimum Gasteiger partial charge on any atom is -0.312 e. The zero-order valence-corrected chi connectivity index (χ0v) is 15.7. The van der Waals surface area contributed by atoms with Gasteiger partial charge in [-0.3, -0.25) is 4.79 Å². The minimum absolute atomic E-state index is 0.0182. The number of hydrogen-bond donors (Lipinski definition) is 0. The molecule has 1 aromatic rings. The molecular weight excluding hydrogens is 294 g/mol. The van der Waals surface area contributed by atoms with Crippen molar-refractivity contribution in [3.8, 4) is 0 Å². The van der Waals surface area contributed by atoms with E-state index in [4.69, 9.17) is 0 Å². The fraction of sp³-hybridized carbons (Fsp3) is 0.591. The van der Waals surface area contributed by atoms with Gasteiger partial charge in [0.2, 0.25) is 0 Å². The van der Waals surface area contributed by atoms with Gasteiger partial charge in [0.1, 0.15) is 0 Å². The molecule has 0 unspecified atom stereocenters. The number of amides is 1. The number of carbonyl (C=O) groups excluding carboxylic acids is 1. The normalized spacial score (nSPS) is 20.6. The Kier molecular flexibility index (Phi) is 7.08. The molecule has 1 amide bonds. The first-order valence-corrected chi connectivity index (χ1v) is 9.56. The van der Waals surface area contributed by atoms with Crippen LogP contribution >= 0.6 is 0 Å². The first-order chi connectivity index (χ1) is 11.5. The zero-order chi connectivity index (χ0) is 17.5. The van der Waals surface area contributed by atoms with Crippen LogP contribution in [0, 0.1) is 5.92 Å². The Morgan fingerprint density at radius 1 is 1.12 bits per heavy atom. The van der Waals surface area contributed by atoms with Gasteiger partial charge in [-0.1, -0.05) is 51.3 Å². The predicted octanol–water partition coefficient (Wildman–Crippen LogP) is 6.08. The van der Waals surface area contributed by atoms with E-state index in [1.807, 2.05) is 7.05 Å².